The van der Waals surface area contributed by atoms with Crippen molar-refractivity contribution >= 4 is 11.8 Å². The molecule has 1 heterocycles. The molecule has 0 atom stereocenters. The molecule has 0 aliphatic rings. The molecule has 18 heavy (non-hydrogen) atoms. The SMILES string of the molecule is CC(C)CCSCc1ccc(CNC(C)(C)C)o1. The van der Waals surface area contributed by atoms with Crippen molar-refractivity contribution in [1.82, 2.24) is 5.32 Å². The van der Waals surface area contributed by atoms with Crippen LogP contribution in [0.2, 0.25) is 0 Å². The average Bonchev–Trinajstić information content (AvgIpc) is 2.68. The normalized spacial score (nSPS) is 12.3. The molecule has 0 aliphatic heterocycles. The van der Waals surface area contributed by atoms with Crippen LogP contribution in [0.3, 0.4) is 0 Å². The van der Waals surface area contributed by atoms with Crippen LogP contribution in [0.1, 0.15) is 52.6 Å². The quantitative estimate of drug-likeness (QED) is 0.740. The Bertz CT molecular complexity index is 339. The molecule has 0 aromatic carbocycles. The van der Waals surface area contributed by atoms with Crippen LogP contribution in [0.4, 0.5) is 0 Å². The first-order chi connectivity index (χ1) is 8.37. The topological polar surface area (TPSA) is 25.2 Å². The number of hydrogen-bond donors (Lipinski definition) is 1. The molecule has 1 rings (SSSR count). The fourth-order valence-electron chi connectivity index (χ4n) is 1.44. The standard InChI is InChI=1S/C15H27NOS/c1-12(2)8-9-18-11-14-7-6-13(17-14)10-16-15(3,4)5/h6-7,12,16H,8-11H2,1-5H3. The molecule has 0 radical (unpaired) electrons. The lowest BCUT2D eigenvalue weighted by Gasteiger charge is -2.19. The van der Waals surface area contributed by atoms with Gasteiger partial charge in [0.05, 0.1) is 12.3 Å². The van der Waals surface area contributed by atoms with Gasteiger partial charge in [0.1, 0.15) is 11.5 Å². The minimum atomic E-state index is 0.138. The van der Waals surface area contributed by atoms with Crippen LogP contribution in [-0.4, -0.2) is 11.3 Å². The molecular formula is C15H27NOS. The summed E-state index contributed by atoms with van der Waals surface area (Å²) in [6, 6.07) is 4.18. The van der Waals surface area contributed by atoms with Crippen LogP contribution >= 0.6 is 11.8 Å². The van der Waals surface area contributed by atoms with E-state index in [1.54, 1.807) is 0 Å². The van der Waals surface area contributed by atoms with E-state index < -0.39 is 0 Å². The lowest BCUT2D eigenvalue weighted by Crippen LogP contribution is -2.34. The average molecular weight is 269 g/mol. The Labute approximate surface area is 116 Å². The Morgan fingerprint density at radius 2 is 1.89 bits per heavy atom. The zero-order valence-electron chi connectivity index (χ0n) is 12.4. The monoisotopic (exact) mass is 269 g/mol. The van der Waals surface area contributed by atoms with Gasteiger partial charge in [0.15, 0.2) is 0 Å². The van der Waals surface area contributed by atoms with Crippen LogP contribution in [-0.2, 0) is 12.3 Å². The summed E-state index contributed by atoms with van der Waals surface area (Å²) in [6.07, 6.45) is 1.28. The highest BCUT2D eigenvalue weighted by Gasteiger charge is 2.10. The second-order valence-corrected chi connectivity index (χ2v) is 7.31. The van der Waals surface area contributed by atoms with Gasteiger partial charge < -0.3 is 9.73 Å². The van der Waals surface area contributed by atoms with E-state index in [1.165, 1.54) is 12.2 Å². The molecule has 3 heteroatoms. The molecule has 1 aromatic rings. The van der Waals surface area contributed by atoms with E-state index in [4.69, 9.17) is 4.42 Å². The van der Waals surface area contributed by atoms with Gasteiger partial charge in [-0.2, -0.15) is 11.8 Å². The van der Waals surface area contributed by atoms with Crippen molar-refractivity contribution in [2.24, 2.45) is 5.92 Å². The van der Waals surface area contributed by atoms with Crippen molar-refractivity contribution in [2.75, 3.05) is 5.75 Å². The summed E-state index contributed by atoms with van der Waals surface area (Å²) in [5.74, 6) is 5.12. The van der Waals surface area contributed by atoms with E-state index >= 15 is 0 Å². The number of thioether (sulfide) groups is 1. The van der Waals surface area contributed by atoms with Gasteiger partial charge in [-0.05, 0) is 51.0 Å². The zero-order valence-corrected chi connectivity index (χ0v) is 13.2. The number of rotatable bonds is 7. The van der Waals surface area contributed by atoms with Crippen LogP contribution in [0.25, 0.3) is 0 Å². The van der Waals surface area contributed by atoms with Crippen molar-refractivity contribution in [2.45, 2.75) is 58.9 Å². The summed E-state index contributed by atoms with van der Waals surface area (Å²) < 4.78 is 5.80. The first-order valence-corrected chi connectivity index (χ1v) is 7.92. The van der Waals surface area contributed by atoms with Crippen molar-refractivity contribution < 1.29 is 4.42 Å². The van der Waals surface area contributed by atoms with Gasteiger partial charge in [-0.25, -0.2) is 0 Å². The Hall–Kier alpha value is -0.410. The maximum absolute atomic E-state index is 5.80. The summed E-state index contributed by atoms with van der Waals surface area (Å²) in [5, 5.41) is 3.43. The molecule has 1 N–H and O–H groups in total. The molecule has 2 nitrogen and oxygen atoms in total. The Morgan fingerprint density at radius 3 is 2.50 bits per heavy atom. The molecule has 1 aromatic heterocycles. The van der Waals surface area contributed by atoms with Crippen molar-refractivity contribution in [3.8, 4) is 0 Å². The van der Waals surface area contributed by atoms with E-state index in [0.717, 1.165) is 29.7 Å². The van der Waals surface area contributed by atoms with Gasteiger partial charge in [0.25, 0.3) is 0 Å². The molecule has 0 fully saturated rings. The fourth-order valence-corrected chi connectivity index (χ4v) is 2.58. The Balaban J connectivity index is 2.26. The lowest BCUT2D eigenvalue weighted by molar-refractivity contribution is 0.382. The molecule has 0 unspecified atom stereocenters. The Kier molecular flexibility index (Phi) is 6.30. The first kappa shape index (κ1) is 15.6. The summed E-state index contributed by atoms with van der Waals surface area (Å²) in [4.78, 5) is 0. The minimum Gasteiger partial charge on any atom is -0.464 e. The highest BCUT2D eigenvalue weighted by Crippen LogP contribution is 2.18. The third-order valence-corrected chi connectivity index (χ3v) is 3.61. The molecule has 0 aliphatic carbocycles. The molecule has 0 spiro atoms. The van der Waals surface area contributed by atoms with Crippen LogP contribution in [0.15, 0.2) is 16.5 Å². The first-order valence-electron chi connectivity index (χ1n) is 6.77. The molecule has 104 valence electrons. The highest BCUT2D eigenvalue weighted by atomic mass is 32.2. The summed E-state index contributed by atoms with van der Waals surface area (Å²) in [7, 11) is 0. The number of hydrogen-bond acceptors (Lipinski definition) is 3. The van der Waals surface area contributed by atoms with Crippen molar-refractivity contribution in [1.29, 1.82) is 0 Å². The second-order valence-electron chi connectivity index (χ2n) is 6.21. The van der Waals surface area contributed by atoms with Gasteiger partial charge in [-0.15, -0.1) is 0 Å². The maximum Gasteiger partial charge on any atom is 0.118 e. The molecule has 0 bridgehead atoms. The van der Waals surface area contributed by atoms with Gasteiger partial charge >= 0.3 is 0 Å². The van der Waals surface area contributed by atoms with Gasteiger partial charge in [-0.3, -0.25) is 0 Å². The van der Waals surface area contributed by atoms with E-state index in [0.29, 0.717) is 0 Å². The van der Waals surface area contributed by atoms with Crippen molar-refractivity contribution in [3.63, 3.8) is 0 Å². The molecule has 0 saturated heterocycles. The van der Waals surface area contributed by atoms with Crippen LogP contribution in [0.5, 0.6) is 0 Å². The minimum absolute atomic E-state index is 0.138. The third-order valence-electron chi connectivity index (χ3n) is 2.59. The zero-order chi connectivity index (χ0) is 13.6. The Morgan fingerprint density at radius 1 is 1.22 bits per heavy atom. The van der Waals surface area contributed by atoms with E-state index in [9.17, 15) is 0 Å². The van der Waals surface area contributed by atoms with Gasteiger partial charge in [-0.1, -0.05) is 13.8 Å². The second kappa shape index (κ2) is 7.25. The maximum atomic E-state index is 5.80. The van der Waals surface area contributed by atoms with Gasteiger partial charge in [0.2, 0.25) is 0 Å². The van der Waals surface area contributed by atoms with Gasteiger partial charge in [0, 0.05) is 5.54 Å². The van der Waals surface area contributed by atoms with E-state index in [-0.39, 0.29) is 5.54 Å². The predicted molar refractivity (Wildman–Crippen MR) is 80.9 cm³/mol. The molecule has 0 amide bonds. The smallest absolute Gasteiger partial charge is 0.118 e. The molecular weight excluding hydrogens is 242 g/mol. The van der Waals surface area contributed by atoms with E-state index in [2.05, 4.69) is 52.1 Å². The summed E-state index contributed by atoms with van der Waals surface area (Å²) >= 11 is 1.96. The summed E-state index contributed by atoms with van der Waals surface area (Å²) in [6.45, 7) is 11.8. The molecule has 0 saturated carbocycles. The third kappa shape index (κ3) is 7.12. The highest BCUT2D eigenvalue weighted by molar-refractivity contribution is 7.98. The lowest BCUT2D eigenvalue weighted by atomic mass is 10.1. The van der Waals surface area contributed by atoms with Crippen LogP contribution in [0, 0.1) is 5.92 Å². The van der Waals surface area contributed by atoms with Crippen LogP contribution < -0.4 is 5.32 Å². The fraction of sp³-hybridized carbons (Fsp3) is 0.733. The number of nitrogens with one attached hydrogen (secondary N) is 1. The largest absolute Gasteiger partial charge is 0.464 e. The summed E-state index contributed by atoms with van der Waals surface area (Å²) in [5.41, 5.74) is 0.138. The number of furan rings is 1. The van der Waals surface area contributed by atoms with E-state index in [1.807, 2.05) is 11.8 Å². The predicted octanol–water partition coefficient (Wildman–Crippen LogP) is 4.45. The van der Waals surface area contributed by atoms with Crippen molar-refractivity contribution in [3.05, 3.63) is 23.7 Å².